The molecule has 2 N–H and O–H groups in total. The Morgan fingerprint density at radius 1 is 1.28 bits per heavy atom. The van der Waals surface area contributed by atoms with Crippen LogP contribution in [-0.4, -0.2) is 54.2 Å². The van der Waals surface area contributed by atoms with Gasteiger partial charge in [0.1, 0.15) is 0 Å². The molecule has 1 atom stereocenters. The smallest absolute Gasteiger partial charge is 0.290 e. The first-order valence-electron chi connectivity index (χ1n) is 10.3. The van der Waals surface area contributed by atoms with E-state index >= 15 is 0 Å². The number of ether oxygens (including phenoxy) is 1. The number of piperidine rings is 1. The van der Waals surface area contributed by atoms with E-state index in [1.165, 1.54) is 30.6 Å². The Hall–Kier alpha value is -2.38. The molecule has 2 aromatic rings. The van der Waals surface area contributed by atoms with E-state index < -0.39 is 0 Å². The van der Waals surface area contributed by atoms with E-state index in [2.05, 4.69) is 39.6 Å². The van der Waals surface area contributed by atoms with Crippen molar-refractivity contribution in [2.45, 2.75) is 44.2 Å². The molecule has 1 aliphatic carbocycles. The SMILES string of the molecule is COCC(NC1CCN(c2ccc3c(c2)CCC3)CC1)c1ccnn1C.O=CO. The summed E-state index contributed by atoms with van der Waals surface area (Å²) in [6, 6.07) is 9.90. The zero-order valence-corrected chi connectivity index (χ0v) is 17.4. The predicted octanol–water partition coefficient (Wildman–Crippen LogP) is 2.56. The number of nitrogens with zero attached hydrogens (tertiary/aromatic N) is 3. The lowest BCUT2D eigenvalue weighted by Crippen LogP contribution is -2.45. The van der Waals surface area contributed by atoms with Crippen molar-refractivity contribution in [2.24, 2.45) is 7.05 Å². The molecule has 2 heterocycles. The van der Waals surface area contributed by atoms with Crippen LogP contribution in [-0.2, 0) is 29.4 Å². The number of hydrogen-bond acceptors (Lipinski definition) is 5. The highest BCUT2D eigenvalue weighted by Crippen LogP contribution is 2.28. The first kappa shape index (κ1) is 21.3. The fourth-order valence-corrected chi connectivity index (χ4v) is 4.46. The lowest BCUT2D eigenvalue weighted by atomic mass is 10.0. The van der Waals surface area contributed by atoms with Crippen LogP contribution in [0.4, 0.5) is 5.69 Å². The standard InChI is InChI=1S/C21H30N4O.CH2O2/c1-24-21(8-11-22-24)20(15-26-2)23-18-9-12-25(13-10-18)19-7-6-16-4-3-5-17(16)14-19;2-1-3/h6-8,11,14,18,20,23H,3-5,9-10,12-13,15H2,1-2H3;1H,(H,2,3). The summed E-state index contributed by atoms with van der Waals surface area (Å²) in [5.41, 5.74) is 5.72. The van der Waals surface area contributed by atoms with Gasteiger partial charge in [-0.25, -0.2) is 0 Å². The van der Waals surface area contributed by atoms with E-state index in [0.29, 0.717) is 12.6 Å². The Bertz CT molecular complexity index is 784. The molecule has 1 unspecified atom stereocenters. The summed E-state index contributed by atoms with van der Waals surface area (Å²) >= 11 is 0. The van der Waals surface area contributed by atoms with Crippen molar-refractivity contribution in [1.29, 1.82) is 0 Å². The topological polar surface area (TPSA) is 79.6 Å². The molecule has 29 heavy (non-hydrogen) atoms. The molecule has 1 aromatic heterocycles. The van der Waals surface area contributed by atoms with Gasteiger partial charge in [0.25, 0.3) is 6.47 Å². The van der Waals surface area contributed by atoms with E-state index in [4.69, 9.17) is 14.6 Å². The Labute approximate surface area is 172 Å². The molecular weight excluding hydrogens is 368 g/mol. The molecule has 2 aliphatic rings. The van der Waals surface area contributed by atoms with Gasteiger partial charge in [0, 0.05) is 45.2 Å². The summed E-state index contributed by atoms with van der Waals surface area (Å²) in [5, 5.41) is 15.0. The third kappa shape index (κ3) is 5.36. The molecular formula is C22H32N4O3. The highest BCUT2D eigenvalue weighted by Gasteiger charge is 2.24. The summed E-state index contributed by atoms with van der Waals surface area (Å²) in [6.45, 7) is 2.65. The highest BCUT2D eigenvalue weighted by atomic mass is 16.5. The van der Waals surface area contributed by atoms with Crippen LogP contribution in [0.2, 0.25) is 0 Å². The van der Waals surface area contributed by atoms with Crippen LogP contribution in [0.25, 0.3) is 0 Å². The minimum absolute atomic E-state index is 0.198. The van der Waals surface area contributed by atoms with Crippen LogP contribution in [0.1, 0.15) is 42.1 Å². The van der Waals surface area contributed by atoms with Gasteiger partial charge in [0.05, 0.1) is 18.3 Å². The molecule has 0 radical (unpaired) electrons. The van der Waals surface area contributed by atoms with Gasteiger partial charge in [-0.2, -0.15) is 5.10 Å². The summed E-state index contributed by atoms with van der Waals surface area (Å²) in [4.78, 5) is 10.9. The summed E-state index contributed by atoms with van der Waals surface area (Å²) in [7, 11) is 3.76. The molecule has 7 nitrogen and oxygen atoms in total. The number of hydrogen-bond donors (Lipinski definition) is 2. The number of rotatable bonds is 6. The molecule has 1 fully saturated rings. The number of fused-ring (bicyclic) bond motifs is 1. The van der Waals surface area contributed by atoms with E-state index in [1.807, 2.05) is 17.9 Å². The van der Waals surface area contributed by atoms with Crippen molar-refractivity contribution in [2.75, 3.05) is 31.7 Å². The van der Waals surface area contributed by atoms with Crippen LogP contribution in [0, 0.1) is 0 Å². The van der Waals surface area contributed by atoms with Gasteiger partial charge >= 0.3 is 0 Å². The second kappa shape index (κ2) is 10.4. The van der Waals surface area contributed by atoms with E-state index in [1.54, 1.807) is 18.2 Å². The number of benzene rings is 1. The van der Waals surface area contributed by atoms with Crippen molar-refractivity contribution in [3.63, 3.8) is 0 Å². The Morgan fingerprint density at radius 2 is 2.00 bits per heavy atom. The van der Waals surface area contributed by atoms with Crippen molar-refractivity contribution >= 4 is 12.2 Å². The van der Waals surface area contributed by atoms with Gasteiger partial charge in [-0.1, -0.05) is 6.07 Å². The lowest BCUT2D eigenvalue weighted by molar-refractivity contribution is -0.122. The number of carbonyl (C=O) groups is 1. The average Bonchev–Trinajstić information content (AvgIpc) is 3.37. The third-order valence-corrected chi connectivity index (χ3v) is 5.93. The number of aromatic nitrogens is 2. The average molecular weight is 401 g/mol. The Balaban J connectivity index is 0.000000755. The summed E-state index contributed by atoms with van der Waals surface area (Å²) in [6.07, 6.45) is 8.02. The number of carboxylic acid groups (broad SMARTS) is 1. The highest BCUT2D eigenvalue weighted by molar-refractivity contribution is 5.52. The van der Waals surface area contributed by atoms with E-state index in [-0.39, 0.29) is 12.5 Å². The Kier molecular flexibility index (Phi) is 7.66. The molecule has 4 rings (SSSR count). The molecule has 1 saturated heterocycles. The first-order chi connectivity index (χ1) is 14.2. The monoisotopic (exact) mass is 400 g/mol. The van der Waals surface area contributed by atoms with E-state index in [9.17, 15) is 0 Å². The van der Waals surface area contributed by atoms with Gasteiger partial charge < -0.3 is 20.1 Å². The molecule has 0 spiro atoms. The van der Waals surface area contributed by atoms with Crippen molar-refractivity contribution in [3.8, 4) is 0 Å². The zero-order chi connectivity index (χ0) is 20.6. The van der Waals surface area contributed by atoms with Crippen LogP contribution in [0.5, 0.6) is 0 Å². The fourth-order valence-electron chi connectivity index (χ4n) is 4.46. The molecule has 7 heteroatoms. The minimum Gasteiger partial charge on any atom is -0.483 e. The van der Waals surface area contributed by atoms with Crippen molar-refractivity contribution in [1.82, 2.24) is 15.1 Å². The van der Waals surface area contributed by atoms with Gasteiger partial charge in [-0.05, 0) is 61.4 Å². The van der Waals surface area contributed by atoms with Gasteiger partial charge in [-0.15, -0.1) is 0 Å². The fraction of sp³-hybridized carbons (Fsp3) is 0.545. The molecule has 158 valence electrons. The maximum absolute atomic E-state index is 8.36. The molecule has 1 aromatic carbocycles. The van der Waals surface area contributed by atoms with Crippen LogP contribution in [0.3, 0.4) is 0 Å². The minimum atomic E-state index is -0.250. The number of nitrogens with one attached hydrogen (secondary N) is 1. The predicted molar refractivity (Wildman–Crippen MR) is 113 cm³/mol. The quantitative estimate of drug-likeness (QED) is 0.726. The third-order valence-electron chi connectivity index (χ3n) is 5.93. The maximum Gasteiger partial charge on any atom is 0.290 e. The second-order valence-corrected chi connectivity index (χ2v) is 7.73. The van der Waals surface area contributed by atoms with Gasteiger partial charge in [0.15, 0.2) is 0 Å². The Morgan fingerprint density at radius 3 is 2.66 bits per heavy atom. The van der Waals surface area contributed by atoms with Gasteiger partial charge in [0.2, 0.25) is 0 Å². The normalized spacial score (nSPS) is 17.4. The summed E-state index contributed by atoms with van der Waals surface area (Å²) in [5.74, 6) is 0. The zero-order valence-electron chi connectivity index (χ0n) is 17.4. The number of anilines is 1. The lowest BCUT2D eigenvalue weighted by Gasteiger charge is -2.36. The van der Waals surface area contributed by atoms with Crippen molar-refractivity contribution in [3.05, 3.63) is 47.3 Å². The van der Waals surface area contributed by atoms with Crippen LogP contribution >= 0.6 is 0 Å². The largest absolute Gasteiger partial charge is 0.483 e. The number of aryl methyl sites for hydroxylation is 3. The molecule has 0 saturated carbocycles. The van der Waals surface area contributed by atoms with Crippen molar-refractivity contribution < 1.29 is 14.6 Å². The second-order valence-electron chi connectivity index (χ2n) is 7.73. The summed E-state index contributed by atoms with van der Waals surface area (Å²) < 4.78 is 7.38. The van der Waals surface area contributed by atoms with Crippen LogP contribution in [0.15, 0.2) is 30.5 Å². The first-order valence-corrected chi connectivity index (χ1v) is 10.3. The maximum atomic E-state index is 8.36. The molecule has 0 amide bonds. The van der Waals surface area contributed by atoms with Gasteiger partial charge in [-0.3, -0.25) is 9.48 Å². The number of methoxy groups -OCH3 is 1. The van der Waals surface area contributed by atoms with Crippen LogP contribution < -0.4 is 10.2 Å². The van der Waals surface area contributed by atoms with E-state index in [0.717, 1.165) is 25.9 Å². The molecule has 1 aliphatic heterocycles. The molecule has 0 bridgehead atoms.